The van der Waals surface area contributed by atoms with E-state index >= 15 is 0 Å². The van der Waals surface area contributed by atoms with Gasteiger partial charge in [-0.05, 0) is 70.2 Å². The lowest BCUT2D eigenvalue weighted by Crippen LogP contribution is -2.42. The fraction of sp³-hybridized carbons (Fsp3) is 0.400. The Morgan fingerprint density at radius 2 is 1.64 bits per heavy atom. The first kappa shape index (κ1) is 32.3. The number of anilines is 1. The van der Waals surface area contributed by atoms with E-state index in [-0.39, 0.29) is 24.4 Å². The smallest absolute Gasteiger partial charge is 0.407 e. The van der Waals surface area contributed by atoms with Gasteiger partial charge in [0.2, 0.25) is 11.8 Å². The highest BCUT2D eigenvalue weighted by molar-refractivity contribution is 7.92. The molecule has 0 bridgehead atoms. The lowest BCUT2D eigenvalue weighted by atomic mass is 10.00. The van der Waals surface area contributed by atoms with Crippen molar-refractivity contribution in [3.63, 3.8) is 0 Å². The first-order chi connectivity index (χ1) is 19.6. The molecule has 3 rings (SSSR count). The van der Waals surface area contributed by atoms with Crippen molar-refractivity contribution in [2.75, 3.05) is 11.3 Å². The summed E-state index contributed by atoms with van der Waals surface area (Å²) >= 11 is 0. The van der Waals surface area contributed by atoms with Crippen LogP contribution in [0, 0.1) is 19.8 Å². The SMILES string of the molecule is Cc1cccc(C)c1-c1cc(OCC(CC(C)C)NC(=O)OC(C)(C)C)nc(NS(=O)(=O)c2ccccc2C(=O)O)n1. The molecule has 0 spiro atoms. The van der Waals surface area contributed by atoms with Crippen molar-refractivity contribution in [3.05, 3.63) is 65.2 Å². The number of aryl methyl sites for hydroxylation is 2. The van der Waals surface area contributed by atoms with E-state index in [9.17, 15) is 23.1 Å². The van der Waals surface area contributed by atoms with E-state index < -0.39 is 44.2 Å². The summed E-state index contributed by atoms with van der Waals surface area (Å²) in [6.45, 7) is 13.2. The molecule has 0 aliphatic carbocycles. The van der Waals surface area contributed by atoms with Gasteiger partial charge in [0.25, 0.3) is 10.0 Å². The Balaban J connectivity index is 2.00. The topological polar surface area (TPSA) is 157 Å². The minimum Gasteiger partial charge on any atom is -0.478 e. The van der Waals surface area contributed by atoms with Crippen molar-refractivity contribution in [2.45, 2.75) is 71.4 Å². The molecule has 0 aliphatic heterocycles. The van der Waals surface area contributed by atoms with Gasteiger partial charge >= 0.3 is 12.1 Å². The van der Waals surface area contributed by atoms with E-state index in [1.165, 1.54) is 24.3 Å². The van der Waals surface area contributed by atoms with Crippen LogP contribution >= 0.6 is 0 Å². The Morgan fingerprint density at radius 1 is 1.00 bits per heavy atom. The minimum atomic E-state index is -4.39. The maximum Gasteiger partial charge on any atom is 0.407 e. The van der Waals surface area contributed by atoms with Crippen molar-refractivity contribution in [1.29, 1.82) is 0 Å². The molecule has 226 valence electrons. The Labute approximate surface area is 246 Å². The summed E-state index contributed by atoms with van der Waals surface area (Å²) in [6.07, 6.45) is 0.000665. The van der Waals surface area contributed by atoms with Crippen LogP contribution in [0.5, 0.6) is 5.88 Å². The number of ether oxygens (including phenoxy) is 2. The number of alkyl carbamates (subject to hydrolysis) is 1. The number of aromatic carboxylic acids is 1. The van der Waals surface area contributed by atoms with Crippen LogP contribution in [0.1, 0.15) is 62.5 Å². The third kappa shape index (κ3) is 8.90. The monoisotopic (exact) mass is 598 g/mol. The van der Waals surface area contributed by atoms with Gasteiger partial charge in [-0.25, -0.2) is 27.7 Å². The van der Waals surface area contributed by atoms with Crippen LogP contribution in [0.25, 0.3) is 11.3 Å². The zero-order valence-corrected chi connectivity index (χ0v) is 25.7. The van der Waals surface area contributed by atoms with E-state index in [4.69, 9.17) is 9.47 Å². The van der Waals surface area contributed by atoms with Crippen LogP contribution in [0.3, 0.4) is 0 Å². The number of carbonyl (C=O) groups excluding carboxylic acids is 1. The fourth-order valence-corrected chi connectivity index (χ4v) is 5.49. The minimum absolute atomic E-state index is 0.0225. The van der Waals surface area contributed by atoms with E-state index in [0.29, 0.717) is 12.1 Å². The van der Waals surface area contributed by atoms with Crippen LogP contribution in [0.2, 0.25) is 0 Å². The Hall–Kier alpha value is -4.19. The van der Waals surface area contributed by atoms with E-state index in [2.05, 4.69) is 20.0 Å². The Morgan fingerprint density at radius 3 is 2.24 bits per heavy atom. The van der Waals surface area contributed by atoms with E-state index in [0.717, 1.165) is 16.7 Å². The quantitative estimate of drug-likeness (QED) is 0.256. The summed E-state index contributed by atoms with van der Waals surface area (Å²) in [5.41, 5.74) is 1.90. The average molecular weight is 599 g/mol. The summed E-state index contributed by atoms with van der Waals surface area (Å²) < 4.78 is 40.3. The molecule has 0 saturated heterocycles. The number of benzene rings is 2. The highest BCUT2D eigenvalue weighted by Gasteiger charge is 2.25. The molecule has 1 aromatic heterocycles. The third-order valence-corrected chi connectivity index (χ3v) is 7.37. The molecule has 0 aliphatic rings. The number of nitrogens with zero attached hydrogens (tertiary/aromatic N) is 2. The predicted octanol–water partition coefficient (Wildman–Crippen LogP) is 5.58. The van der Waals surface area contributed by atoms with Gasteiger partial charge in [-0.3, -0.25) is 0 Å². The number of rotatable bonds is 11. The molecule has 3 aromatic rings. The van der Waals surface area contributed by atoms with Crippen LogP contribution < -0.4 is 14.8 Å². The maximum absolute atomic E-state index is 13.3. The molecule has 3 N–H and O–H groups in total. The Kier molecular flexibility index (Phi) is 10.2. The molecule has 1 atom stereocenters. The van der Waals surface area contributed by atoms with Crippen LogP contribution in [-0.2, 0) is 14.8 Å². The van der Waals surface area contributed by atoms with Crippen molar-refractivity contribution in [3.8, 4) is 17.1 Å². The summed E-state index contributed by atoms with van der Waals surface area (Å²) in [6, 6.07) is 12.1. The first-order valence-electron chi connectivity index (χ1n) is 13.5. The molecule has 1 amide bonds. The largest absolute Gasteiger partial charge is 0.478 e. The number of hydrogen-bond donors (Lipinski definition) is 3. The number of nitrogens with one attached hydrogen (secondary N) is 2. The number of hydrogen-bond acceptors (Lipinski definition) is 8. The lowest BCUT2D eigenvalue weighted by molar-refractivity contribution is 0.0478. The normalized spacial score (nSPS) is 12.5. The van der Waals surface area contributed by atoms with Crippen LogP contribution in [-0.4, -0.2) is 53.8 Å². The second kappa shape index (κ2) is 13.2. The predicted molar refractivity (Wildman–Crippen MR) is 159 cm³/mol. The number of aromatic nitrogens is 2. The van der Waals surface area contributed by atoms with Crippen molar-refractivity contribution < 1.29 is 32.6 Å². The molecule has 1 unspecified atom stereocenters. The number of carboxylic acids is 1. The lowest BCUT2D eigenvalue weighted by Gasteiger charge is -2.24. The van der Waals surface area contributed by atoms with Gasteiger partial charge in [0.05, 0.1) is 17.3 Å². The Bertz CT molecular complexity index is 1530. The number of carboxylic acid groups (broad SMARTS) is 1. The molecule has 42 heavy (non-hydrogen) atoms. The number of amides is 1. The first-order valence-corrected chi connectivity index (χ1v) is 15.0. The molecular formula is C30H38N4O7S. The third-order valence-electron chi connectivity index (χ3n) is 5.98. The van der Waals surface area contributed by atoms with E-state index in [1.54, 1.807) is 26.8 Å². The second-order valence-corrected chi connectivity index (χ2v) is 13.0. The van der Waals surface area contributed by atoms with Crippen molar-refractivity contribution in [1.82, 2.24) is 15.3 Å². The molecule has 0 saturated carbocycles. The van der Waals surface area contributed by atoms with Gasteiger partial charge in [-0.15, -0.1) is 0 Å². The van der Waals surface area contributed by atoms with Gasteiger partial charge in [0.1, 0.15) is 17.1 Å². The van der Waals surface area contributed by atoms with Gasteiger partial charge < -0.3 is 19.9 Å². The zero-order valence-electron chi connectivity index (χ0n) is 24.9. The highest BCUT2D eigenvalue weighted by atomic mass is 32.2. The van der Waals surface area contributed by atoms with Gasteiger partial charge in [-0.1, -0.05) is 44.2 Å². The summed E-state index contributed by atoms with van der Waals surface area (Å²) in [4.78, 5) is 32.5. The van der Waals surface area contributed by atoms with Gasteiger partial charge in [0.15, 0.2) is 0 Å². The number of carbonyl (C=O) groups is 2. The fourth-order valence-electron chi connectivity index (χ4n) is 4.34. The van der Waals surface area contributed by atoms with Gasteiger partial charge in [0, 0.05) is 11.6 Å². The van der Waals surface area contributed by atoms with Gasteiger partial charge in [-0.2, -0.15) is 4.98 Å². The number of sulfonamides is 1. The summed E-state index contributed by atoms with van der Waals surface area (Å²) in [5, 5.41) is 12.4. The maximum atomic E-state index is 13.3. The molecule has 0 radical (unpaired) electrons. The highest BCUT2D eigenvalue weighted by Crippen LogP contribution is 2.30. The standard InChI is InChI=1S/C30H38N4O7S/c1-18(2)15-21(31-29(37)41-30(5,6)7)17-40-25-16-23(26-19(3)11-10-12-20(26)4)32-28(33-25)34-42(38,39)24-14-9-8-13-22(24)27(35)36/h8-14,16,18,21H,15,17H2,1-7H3,(H,31,37)(H,35,36)(H,32,33,34). The average Bonchev–Trinajstić information content (AvgIpc) is 2.85. The molecular weight excluding hydrogens is 560 g/mol. The molecule has 12 heteroatoms. The van der Waals surface area contributed by atoms with Crippen LogP contribution in [0.15, 0.2) is 53.4 Å². The zero-order chi connectivity index (χ0) is 31.2. The second-order valence-electron chi connectivity index (χ2n) is 11.4. The molecule has 0 fully saturated rings. The van der Waals surface area contributed by atoms with Crippen molar-refractivity contribution >= 4 is 28.0 Å². The van der Waals surface area contributed by atoms with Crippen LogP contribution in [0.4, 0.5) is 10.7 Å². The van der Waals surface area contributed by atoms with Crippen molar-refractivity contribution in [2.24, 2.45) is 5.92 Å². The molecule has 1 heterocycles. The summed E-state index contributed by atoms with van der Waals surface area (Å²) in [5.74, 6) is -1.41. The summed E-state index contributed by atoms with van der Waals surface area (Å²) in [7, 11) is -4.39. The molecule has 11 nitrogen and oxygen atoms in total. The molecule has 2 aromatic carbocycles. The van der Waals surface area contributed by atoms with E-state index in [1.807, 2.05) is 45.9 Å².